The van der Waals surface area contributed by atoms with Crippen LogP contribution in [0.2, 0.25) is 0 Å². The van der Waals surface area contributed by atoms with Crippen molar-refractivity contribution in [1.29, 1.82) is 0 Å². The number of hydrogen-bond acceptors (Lipinski definition) is 0. The van der Waals surface area contributed by atoms with Crippen LogP contribution in [0.1, 0.15) is 11.1 Å². The Kier molecular flexibility index (Phi) is 7.46. The maximum atomic E-state index is 5.53. The van der Waals surface area contributed by atoms with E-state index in [4.69, 9.17) is 34.8 Å². The Morgan fingerprint density at radius 1 is 1.00 bits per heavy atom. The van der Waals surface area contributed by atoms with Crippen molar-refractivity contribution in [2.24, 2.45) is 0 Å². The van der Waals surface area contributed by atoms with Gasteiger partial charge in [-0.25, -0.2) is 24.3 Å². The average molecular weight is 317 g/mol. The van der Waals surface area contributed by atoms with Gasteiger partial charge in [-0.1, -0.05) is 41.7 Å². The van der Waals surface area contributed by atoms with Gasteiger partial charge < -0.3 is 0 Å². The first kappa shape index (κ1) is 16.1. The predicted octanol–water partition coefficient (Wildman–Crippen LogP) is 4.94. The summed E-state index contributed by atoms with van der Waals surface area (Å²) in [5.41, 5.74) is 2.06. The van der Waals surface area contributed by atoms with E-state index >= 15 is 0 Å². The van der Waals surface area contributed by atoms with Crippen molar-refractivity contribution in [3.63, 3.8) is 0 Å². The van der Waals surface area contributed by atoms with E-state index in [1.54, 1.807) is 12.1 Å². The molecule has 16 heavy (non-hydrogen) atoms. The molecule has 0 saturated heterocycles. The first-order valence-corrected chi connectivity index (χ1v) is 5.61. The van der Waals surface area contributed by atoms with Crippen molar-refractivity contribution in [2.75, 3.05) is 0 Å². The first-order chi connectivity index (χ1) is 7.00. The van der Waals surface area contributed by atoms with Crippen LogP contribution in [-0.2, 0) is 20.9 Å². The minimum atomic E-state index is -1.26. The van der Waals surface area contributed by atoms with Crippen LogP contribution >= 0.6 is 34.8 Å². The van der Waals surface area contributed by atoms with Crippen LogP contribution < -0.4 is 0 Å². The third kappa shape index (κ3) is 5.98. The third-order valence-electron chi connectivity index (χ3n) is 1.82. The summed E-state index contributed by atoms with van der Waals surface area (Å²) in [5.74, 6) is 0. The molecular weight excluding hydrogens is 306 g/mol. The topological polar surface area (TPSA) is 0 Å². The van der Waals surface area contributed by atoms with Crippen LogP contribution in [-0.4, -0.2) is 0 Å². The van der Waals surface area contributed by atoms with Gasteiger partial charge in [0.1, 0.15) is 0 Å². The van der Waals surface area contributed by atoms with Crippen molar-refractivity contribution >= 4 is 34.8 Å². The van der Waals surface area contributed by atoms with Gasteiger partial charge in [-0.05, 0) is 0 Å². The molecule has 2 aromatic rings. The van der Waals surface area contributed by atoms with Crippen LogP contribution in [0.4, 0.5) is 0 Å². The minimum Gasteiger partial charge on any atom is -0.213 e. The minimum absolute atomic E-state index is 0. The van der Waals surface area contributed by atoms with E-state index in [1.807, 2.05) is 24.3 Å². The number of halogens is 3. The summed E-state index contributed by atoms with van der Waals surface area (Å²) < 4.78 is -1.26. The van der Waals surface area contributed by atoms with Gasteiger partial charge in [0.2, 0.25) is 0 Å². The van der Waals surface area contributed by atoms with Gasteiger partial charge >= 0.3 is 17.1 Å². The maximum absolute atomic E-state index is 5.53. The van der Waals surface area contributed by atoms with Gasteiger partial charge in [-0.3, -0.25) is 0 Å². The zero-order valence-electron chi connectivity index (χ0n) is 8.61. The SMILES string of the molecule is Cc1ccc[cH-]1.ClC(Cl)(Cl)c1ccc[cH-]1.[Fe+2]. The molecule has 2 aromatic carbocycles. The zero-order valence-corrected chi connectivity index (χ0v) is 12.0. The second-order valence-corrected chi connectivity index (χ2v) is 5.41. The van der Waals surface area contributed by atoms with Crippen LogP contribution in [0.15, 0.2) is 48.5 Å². The van der Waals surface area contributed by atoms with Crippen molar-refractivity contribution in [2.45, 2.75) is 10.7 Å². The Hall–Kier alpha value is 0.0895. The van der Waals surface area contributed by atoms with Crippen molar-refractivity contribution in [3.8, 4) is 0 Å². The van der Waals surface area contributed by atoms with Gasteiger partial charge in [0.15, 0.2) is 3.79 Å². The molecule has 4 heteroatoms. The molecule has 0 aromatic heterocycles. The summed E-state index contributed by atoms with van der Waals surface area (Å²) in [6, 6.07) is 15.4. The van der Waals surface area contributed by atoms with Crippen LogP contribution in [0.5, 0.6) is 0 Å². The number of aryl methyl sites for hydroxylation is 1. The molecule has 0 amide bonds. The average Bonchev–Trinajstić information content (AvgIpc) is 2.73. The van der Waals surface area contributed by atoms with Gasteiger partial charge in [0.05, 0.1) is 0 Å². The molecule has 88 valence electrons. The second kappa shape index (κ2) is 7.42. The fourth-order valence-electron chi connectivity index (χ4n) is 1.03. The van der Waals surface area contributed by atoms with E-state index in [2.05, 4.69) is 19.1 Å². The quantitative estimate of drug-likeness (QED) is 0.367. The van der Waals surface area contributed by atoms with E-state index in [0.29, 0.717) is 5.56 Å². The fourth-order valence-corrected chi connectivity index (χ4v) is 1.41. The summed E-state index contributed by atoms with van der Waals surface area (Å²) in [6.45, 7) is 2.08. The molecular formula is C12H11Cl3Fe. The van der Waals surface area contributed by atoms with E-state index in [9.17, 15) is 0 Å². The molecule has 0 N–H and O–H groups in total. The third-order valence-corrected chi connectivity index (χ3v) is 2.47. The largest absolute Gasteiger partial charge is 2.00 e. The first-order valence-electron chi connectivity index (χ1n) is 4.47. The number of hydrogen-bond donors (Lipinski definition) is 0. The number of alkyl halides is 3. The molecule has 0 radical (unpaired) electrons. The van der Waals surface area contributed by atoms with Crippen molar-refractivity contribution in [3.05, 3.63) is 59.7 Å². The molecule has 0 bridgehead atoms. The molecule has 0 nitrogen and oxygen atoms in total. The summed E-state index contributed by atoms with van der Waals surface area (Å²) >= 11 is 16.6. The summed E-state index contributed by atoms with van der Waals surface area (Å²) in [4.78, 5) is 0. The van der Waals surface area contributed by atoms with E-state index < -0.39 is 3.79 Å². The molecule has 0 aliphatic heterocycles. The summed E-state index contributed by atoms with van der Waals surface area (Å²) in [7, 11) is 0. The van der Waals surface area contributed by atoms with Crippen LogP contribution in [0.3, 0.4) is 0 Å². The van der Waals surface area contributed by atoms with E-state index in [-0.39, 0.29) is 17.1 Å². The van der Waals surface area contributed by atoms with E-state index in [0.717, 1.165) is 0 Å². The Morgan fingerprint density at radius 2 is 1.56 bits per heavy atom. The van der Waals surface area contributed by atoms with Crippen LogP contribution in [0.25, 0.3) is 0 Å². The molecule has 0 aliphatic carbocycles. The Labute approximate surface area is 122 Å². The fraction of sp³-hybridized carbons (Fsp3) is 0.167. The molecule has 0 fully saturated rings. The van der Waals surface area contributed by atoms with Gasteiger partial charge in [-0.2, -0.15) is 29.8 Å². The molecule has 0 aliphatic rings. The standard InChI is InChI=1S/C6H4Cl3.C6H7.Fe/c7-6(8,9)5-3-1-2-4-5;1-6-4-2-3-5-6;/h1-4H;2-5H,1H3;/q2*-1;+2. The van der Waals surface area contributed by atoms with E-state index in [1.165, 1.54) is 5.56 Å². The smallest absolute Gasteiger partial charge is 0.213 e. The summed E-state index contributed by atoms with van der Waals surface area (Å²) in [5, 5.41) is 0. The molecule has 0 saturated carbocycles. The Bertz CT molecular complexity index is 357. The Morgan fingerprint density at radius 3 is 1.75 bits per heavy atom. The zero-order chi connectivity index (χ0) is 11.3. The molecule has 0 heterocycles. The molecule has 0 unspecified atom stereocenters. The monoisotopic (exact) mass is 316 g/mol. The van der Waals surface area contributed by atoms with Crippen molar-refractivity contribution in [1.82, 2.24) is 0 Å². The van der Waals surface area contributed by atoms with Crippen LogP contribution in [0, 0.1) is 6.92 Å². The molecule has 0 atom stereocenters. The number of rotatable bonds is 0. The summed E-state index contributed by atoms with van der Waals surface area (Å²) in [6.07, 6.45) is 0. The van der Waals surface area contributed by atoms with Crippen molar-refractivity contribution < 1.29 is 17.1 Å². The Balaban J connectivity index is 0.000000283. The predicted molar refractivity (Wildman–Crippen MR) is 68.0 cm³/mol. The van der Waals surface area contributed by atoms with Gasteiger partial charge in [0, 0.05) is 0 Å². The molecule has 2 rings (SSSR count). The van der Waals surface area contributed by atoms with Gasteiger partial charge in [0.25, 0.3) is 0 Å². The molecule has 0 spiro atoms. The maximum Gasteiger partial charge on any atom is 2.00 e. The normalized spacial score (nSPS) is 10.0. The second-order valence-electron chi connectivity index (χ2n) is 3.13. The van der Waals surface area contributed by atoms with Gasteiger partial charge in [-0.15, -0.1) is 5.56 Å².